The second-order valence-electron chi connectivity index (χ2n) is 5.48. The van der Waals surface area contributed by atoms with E-state index in [1.807, 2.05) is 4.90 Å². The van der Waals surface area contributed by atoms with E-state index in [-0.39, 0.29) is 5.92 Å². The first-order valence-electron chi connectivity index (χ1n) is 7.19. The molecule has 0 aromatic heterocycles. The van der Waals surface area contributed by atoms with Crippen LogP contribution in [0.3, 0.4) is 0 Å². The van der Waals surface area contributed by atoms with Crippen molar-refractivity contribution in [3.63, 3.8) is 0 Å². The lowest BCUT2D eigenvalue weighted by atomic mass is 10.00. The zero-order chi connectivity index (χ0) is 13.8. The van der Waals surface area contributed by atoms with Crippen LogP contribution in [0.1, 0.15) is 31.4 Å². The van der Waals surface area contributed by atoms with E-state index in [0.717, 1.165) is 26.1 Å². The molecule has 104 valence electrons. The van der Waals surface area contributed by atoms with Gasteiger partial charge in [0, 0.05) is 19.1 Å². The maximum Gasteiger partial charge on any atom is 0.227 e. The van der Waals surface area contributed by atoms with E-state index in [4.69, 9.17) is 0 Å². The van der Waals surface area contributed by atoms with Crippen LogP contribution in [0, 0.1) is 12.8 Å². The Balaban J connectivity index is 2.05. The molecular weight excluding hydrogens is 236 g/mol. The molecule has 1 saturated heterocycles. The molecule has 0 spiro atoms. The average Bonchev–Trinajstić information content (AvgIpc) is 2.81. The molecule has 1 N–H and O–H groups in total. The van der Waals surface area contributed by atoms with Gasteiger partial charge in [-0.25, -0.2) is 0 Å². The van der Waals surface area contributed by atoms with Crippen LogP contribution in [0.4, 0.5) is 0 Å². The van der Waals surface area contributed by atoms with Gasteiger partial charge in [0.1, 0.15) is 0 Å². The monoisotopic (exact) mass is 260 g/mol. The number of nitrogens with zero attached hydrogens (tertiary/aromatic N) is 1. The number of carbonyl (C=O) groups excluding carboxylic acids is 1. The Labute approximate surface area is 116 Å². The number of benzene rings is 1. The van der Waals surface area contributed by atoms with E-state index >= 15 is 0 Å². The third kappa shape index (κ3) is 3.35. The smallest absolute Gasteiger partial charge is 0.227 e. The number of carbonyl (C=O) groups is 1. The molecule has 1 aliphatic heterocycles. The maximum atomic E-state index is 12.6. The summed E-state index contributed by atoms with van der Waals surface area (Å²) in [5.41, 5.74) is 2.46. The Morgan fingerprint density at radius 2 is 2.26 bits per heavy atom. The number of hydrogen-bond acceptors (Lipinski definition) is 2. The lowest BCUT2D eigenvalue weighted by Crippen LogP contribution is -2.39. The summed E-state index contributed by atoms with van der Waals surface area (Å²) in [4.78, 5) is 14.5. The quantitative estimate of drug-likeness (QED) is 0.901. The Kier molecular flexibility index (Phi) is 4.59. The van der Waals surface area contributed by atoms with Gasteiger partial charge in [-0.15, -0.1) is 0 Å². The van der Waals surface area contributed by atoms with E-state index in [1.165, 1.54) is 11.1 Å². The summed E-state index contributed by atoms with van der Waals surface area (Å²) in [6.45, 7) is 8.71. The van der Waals surface area contributed by atoms with E-state index in [1.54, 1.807) is 0 Å². The molecule has 3 heteroatoms. The van der Waals surface area contributed by atoms with Crippen molar-refractivity contribution >= 4 is 5.91 Å². The predicted octanol–water partition coefficient (Wildman–Crippen LogP) is 2.34. The zero-order valence-electron chi connectivity index (χ0n) is 12.1. The van der Waals surface area contributed by atoms with Gasteiger partial charge in [0.15, 0.2) is 0 Å². The van der Waals surface area contributed by atoms with Crippen LogP contribution in [0.25, 0.3) is 0 Å². The van der Waals surface area contributed by atoms with Crippen molar-refractivity contribution in [3.8, 4) is 0 Å². The third-order valence-corrected chi connectivity index (χ3v) is 3.99. The largest absolute Gasteiger partial charge is 0.338 e. The average molecular weight is 260 g/mol. The summed E-state index contributed by atoms with van der Waals surface area (Å²) in [6, 6.07) is 8.71. The van der Waals surface area contributed by atoms with Gasteiger partial charge in [-0.2, -0.15) is 0 Å². The standard InChI is InChI=1S/C16H24N2O/c1-4-18(11-14-7-5-6-12(2)10-14)16(19)15-8-9-17-13(15)3/h5-7,10,13,15,17H,4,8-9,11H2,1-3H3. The molecule has 0 aliphatic carbocycles. The minimum absolute atomic E-state index is 0.143. The molecule has 2 unspecified atom stereocenters. The first-order valence-corrected chi connectivity index (χ1v) is 7.19. The van der Waals surface area contributed by atoms with Gasteiger partial charge in [-0.1, -0.05) is 29.8 Å². The molecule has 1 heterocycles. The highest BCUT2D eigenvalue weighted by Gasteiger charge is 2.32. The van der Waals surface area contributed by atoms with Gasteiger partial charge in [0.2, 0.25) is 5.91 Å². The summed E-state index contributed by atoms with van der Waals surface area (Å²) < 4.78 is 0. The zero-order valence-corrected chi connectivity index (χ0v) is 12.1. The topological polar surface area (TPSA) is 32.3 Å². The first-order chi connectivity index (χ1) is 9.11. The lowest BCUT2D eigenvalue weighted by molar-refractivity contribution is -0.136. The second-order valence-corrected chi connectivity index (χ2v) is 5.48. The molecule has 2 atom stereocenters. The molecule has 2 rings (SSSR count). The molecule has 0 bridgehead atoms. The molecule has 19 heavy (non-hydrogen) atoms. The fourth-order valence-electron chi connectivity index (χ4n) is 2.81. The van der Waals surface area contributed by atoms with Crippen LogP contribution in [0.2, 0.25) is 0 Å². The minimum atomic E-state index is 0.143. The van der Waals surface area contributed by atoms with Gasteiger partial charge in [0.25, 0.3) is 0 Å². The van der Waals surface area contributed by atoms with Gasteiger partial charge in [-0.05, 0) is 39.3 Å². The number of rotatable bonds is 4. The molecule has 1 aromatic carbocycles. The van der Waals surface area contributed by atoms with Crippen LogP contribution in [0.5, 0.6) is 0 Å². The Hall–Kier alpha value is -1.35. The molecule has 3 nitrogen and oxygen atoms in total. The van der Waals surface area contributed by atoms with Crippen molar-refractivity contribution in [1.82, 2.24) is 10.2 Å². The second kappa shape index (κ2) is 6.20. The van der Waals surface area contributed by atoms with Crippen LogP contribution in [-0.2, 0) is 11.3 Å². The number of hydrogen-bond donors (Lipinski definition) is 1. The molecule has 1 amide bonds. The van der Waals surface area contributed by atoms with Crippen molar-refractivity contribution in [2.24, 2.45) is 5.92 Å². The SMILES string of the molecule is CCN(Cc1cccc(C)c1)C(=O)C1CCNC1C. The van der Waals surface area contributed by atoms with Gasteiger partial charge in [-0.3, -0.25) is 4.79 Å². The highest BCUT2D eigenvalue weighted by atomic mass is 16.2. The van der Waals surface area contributed by atoms with E-state index in [9.17, 15) is 4.79 Å². The molecule has 0 radical (unpaired) electrons. The molecule has 1 aromatic rings. The summed E-state index contributed by atoms with van der Waals surface area (Å²) in [5, 5.41) is 3.35. The number of nitrogens with one attached hydrogen (secondary N) is 1. The van der Waals surface area contributed by atoms with E-state index in [0.29, 0.717) is 11.9 Å². The van der Waals surface area contributed by atoms with Crippen LogP contribution in [0.15, 0.2) is 24.3 Å². The summed E-state index contributed by atoms with van der Waals surface area (Å²) in [7, 11) is 0. The van der Waals surface area contributed by atoms with Crippen molar-refractivity contribution in [2.75, 3.05) is 13.1 Å². The summed E-state index contributed by atoms with van der Waals surface area (Å²) in [6.07, 6.45) is 0.963. The predicted molar refractivity (Wildman–Crippen MR) is 77.8 cm³/mol. The number of amides is 1. The van der Waals surface area contributed by atoms with Crippen molar-refractivity contribution < 1.29 is 4.79 Å². The Morgan fingerprint density at radius 3 is 2.84 bits per heavy atom. The van der Waals surface area contributed by atoms with Crippen LogP contribution in [-0.4, -0.2) is 29.9 Å². The normalized spacial score (nSPS) is 22.5. The van der Waals surface area contributed by atoms with Crippen molar-refractivity contribution in [1.29, 1.82) is 0 Å². The maximum absolute atomic E-state index is 12.6. The molecule has 0 saturated carbocycles. The molecular formula is C16H24N2O. The van der Waals surface area contributed by atoms with Crippen molar-refractivity contribution in [2.45, 2.75) is 39.8 Å². The van der Waals surface area contributed by atoms with Crippen LogP contribution < -0.4 is 5.32 Å². The third-order valence-electron chi connectivity index (χ3n) is 3.99. The Morgan fingerprint density at radius 1 is 1.47 bits per heavy atom. The fraction of sp³-hybridized carbons (Fsp3) is 0.562. The highest BCUT2D eigenvalue weighted by Crippen LogP contribution is 2.19. The number of aryl methyl sites for hydroxylation is 1. The fourth-order valence-corrected chi connectivity index (χ4v) is 2.81. The van der Waals surface area contributed by atoms with E-state index < -0.39 is 0 Å². The van der Waals surface area contributed by atoms with Gasteiger partial charge in [0.05, 0.1) is 5.92 Å². The highest BCUT2D eigenvalue weighted by molar-refractivity contribution is 5.79. The van der Waals surface area contributed by atoms with E-state index in [2.05, 4.69) is 50.4 Å². The van der Waals surface area contributed by atoms with Crippen LogP contribution >= 0.6 is 0 Å². The Bertz CT molecular complexity index is 444. The molecule has 1 aliphatic rings. The lowest BCUT2D eigenvalue weighted by Gasteiger charge is -2.26. The summed E-state index contributed by atoms with van der Waals surface area (Å²) >= 11 is 0. The molecule has 1 fully saturated rings. The minimum Gasteiger partial charge on any atom is -0.338 e. The van der Waals surface area contributed by atoms with Gasteiger partial charge >= 0.3 is 0 Å². The first kappa shape index (κ1) is 14.1. The van der Waals surface area contributed by atoms with Crippen molar-refractivity contribution in [3.05, 3.63) is 35.4 Å². The van der Waals surface area contributed by atoms with Gasteiger partial charge < -0.3 is 10.2 Å². The summed E-state index contributed by atoms with van der Waals surface area (Å²) in [5.74, 6) is 0.436.